The van der Waals surface area contributed by atoms with E-state index in [1.807, 2.05) is 30.3 Å². The van der Waals surface area contributed by atoms with Gasteiger partial charge in [0.15, 0.2) is 11.7 Å². The number of carbonyl (C=O) groups excluding carboxylic acids is 2. The molecule has 0 fully saturated rings. The topological polar surface area (TPSA) is 68.3 Å². The molecule has 2 aromatic carbocycles. The van der Waals surface area contributed by atoms with Gasteiger partial charge in [-0.15, -0.1) is 11.3 Å². The summed E-state index contributed by atoms with van der Waals surface area (Å²) in [5.41, 5.74) is 2.20. The zero-order valence-corrected chi connectivity index (χ0v) is 14.5. The number of esters is 1. The lowest BCUT2D eigenvalue weighted by Crippen LogP contribution is -2.21. The van der Waals surface area contributed by atoms with Crippen molar-refractivity contribution in [1.82, 2.24) is 4.98 Å². The molecule has 0 aliphatic rings. The molecule has 3 aromatic rings. The number of anilines is 1. The monoisotopic (exact) mass is 370 g/mol. The van der Waals surface area contributed by atoms with E-state index in [-0.39, 0.29) is 18.8 Å². The molecule has 132 valence electrons. The standard InChI is InChI=1S/C19H15FN2O3S/c20-15-8-6-14(7-9-15)16-12-26-19(21-16)22-17(23)11-25-18(24)10-13-4-2-1-3-5-13/h1-9,12H,10-11H2,(H,21,22,23). The summed E-state index contributed by atoms with van der Waals surface area (Å²) in [6.45, 7) is -0.378. The number of benzene rings is 2. The van der Waals surface area contributed by atoms with Crippen LogP contribution in [0.15, 0.2) is 60.0 Å². The van der Waals surface area contributed by atoms with E-state index in [0.29, 0.717) is 10.8 Å². The zero-order valence-electron chi connectivity index (χ0n) is 13.6. The molecule has 26 heavy (non-hydrogen) atoms. The molecule has 7 heteroatoms. The van der Waals surface area contributed by atoms with E-state index in [4.69, 9.17) is 4.74 Å². The Hall–Kier alpha value is -3.06. The van der Waals surface area contributed by atoms with Crippen LogP contribution in [0.4, 0.5) is 9.52 Å². The highest BCUT2D eigenvalue weighted by Gasteiger charge is 2.11. The van der Waals surface area contributed by atoms with Crippen LogP contribution in [-0.4, -0.2) is 23.5 Å². The quantitative estimate of drug-likeness (QED) is 0.672. The third-order valence-corrected chi connectivity index (χ3v) is 4.20. The van der Waals surface area contributed by atoms with Gasteiger partial charge in [0, 0.05) is 10.9 Å². The molecule has 0 saturated carbocycles. The normalized spacial score (nSPS) is 10.3. The Bertz CT molecular complexity index is 895. The minimum absolute atomic E-state index is 0.111. The first-order valence-electron chi connectivity index (χ1n) is 7.81. The summed E-state index contributed by atoms with van der Waals surface area (Å²) in [5, 5.41) is 4.72. The van der Waals surface area contributed by atoms with Crippen molar-refractivity contribution >= 4 is 28.3 Å². The van der Waals surface area contributed by atoms with Gasteiger partial charge in [-0.2, -0.15) is 0 Å². The molecule has 0 bridgehead atoms. The zero-order chi connectivity index (χ0) is 18.4. The number of aromatic nitrogens is 1. The molecular formula is C19H15FN2O3S. The van der Waals surface area contributed by atoms with Crippen LogP contribution in [0.25, 0.3) is 11.3 Å². The third kappa shape index (κ3) is 4.97. The Morgan fingerprint density at radius 2 is 1.81 bits per heavy atom. The van der Waals surface area contributed by atoms with Crippen molar-refractivity contribution in [3.05, 3.63) is 71.4 Å². The van der Waals surface area contributed by atoms with Crippen LogP contribution in [0.2, 0.25) is 0 Å². The summed E-state index contributed by atoms with van der Waals surface area (Å²) < 4.78 is 17.9. The Balaban J connectivity index is 1.49. The van der Waals surface area contributed by atoms with Crippen LogP contribution in [0, 0.1) is 5.82 Å². The highest BCUT2D eigenvalue weighted by molar-refractivity contribution is 7.14. The van der Waals surface area contributed by atoms with Gasteiger partial charge in [-0.05, 0) is 29.8 Å². The first kappa shape index (κ1) is 17.8. The first-order chi connectivity index (χ1) is 12.6. The predicted octanol–water partition coefficient (Wildman–Crippen LogP) is 3.67. The van der Waals surface area contributed by atoms with Gasteiger partial charge >= 0.3 is 5.97 Å². The maximum Gasteiger partial charge on any atom is 0.310 e. The molecule has 1 aromatic heterocycles. The number of thiazole rings is 1. The predicted molar refractivity (Wildman–Crippen MR) is 97.2 cm³/mol. The van der Waals surface area contributed by atoms with Crippen molar-refractivity contribution in [3.63, 3.8) is 0 Å². The molecule has 0 aliphatic carbocycles. The highest BCUT2D eigenvalue weighted by atomic mass is 32.1. The van der Waals surface area contributed by atoms with Crippen LogP contribution in [0.3, 0.4) is 0 Å². The Kier molecular flexibility index (Phi) is 5.70. The van der Waals surface area contributed by atoms with Gasteiger partial charge in [0.05, 0.1) is 12.1 Å². The van der Waals surface area contributed by atoms with Crippen molar-refractivity contribution in [2.24, 2.45) is 0 Å². The van der Waals surface area contributed by atoms with Crippen LogP contribution < -0.4 is 5.32 Å². The van der Waals surface area contributed by atoms with Crippen molar-refractivity contribution < 1.29 is 18.7 Å². The molecule has 1 amide bonds. The summed E-state index contributed by atoms with van der Waals surface area (Å²) >= 11 is 1.24. The van der Waals surface area contributed by atoms with E-state index in [2.05, 4.69) is 10.3 Å². The summed E-state index contributed by atoms with van der Waals surface area (Å²) in [4.78, 5) is 27.9. The minimum Gasteiger partial charge on any atom is -0.455 e. The first-order valence-corrected chi connectivity index (χ1v) is 8.69. The number of hydrogen-bond donors (Lipinski definition) is 1. The SMILES string of the molecule is O=C(COC(=O)Cc1ccccc1)Nc1nc(-c2ccc(F)cc2)cs1. The van der Waals surface area contributed by atoms with Crippen LogP contribution >= 0.6 is 11.3 Å². The molecule has 0 aliphatic heterocycles. The minimum atomic E-state index is -0.475. The van der Waals surface area contributed by atoms with Crippen LogP contribution in [-0.2, 0) is 20.7 Å². The van der Waals surface area contributed by atoms with E-state index in [9.17, 15) is 14.0 Å². The van der Waals surface area contributed by atoms with Gasteiger partial charge in [0.1, 0.15) is 5.82 Å². The Morgan fingerprint density at radius 3 is 2.54 bits per heavy atom. The number of nitrogens with zero attached hydrogens (tertiary/aromatic N) is 1. The molecular weight excluding hydrogens is 355 g/mol. The van der Waals surface area contributed by atoms with Crippen LogP contribution in [0.5, 0.6) is 0 Å². The molecule has 3 rings (SSSR count). The van der Waals surface area contributed by atoms with E-state index < -0.39 is 11.9 Å². The fraction of sp³-hybridized carbons (Fsp3) is 0.105. The van der Waals surface area contributed by atoms with Crippen molar-refractivity contribution in [2.75, 3.05) is 11.9 Å². The number of amides is 1. The molecule has 1 heterocycles. The van der Waals surface area contributed by atoms with Crippen molar-refractivity contribution in [1.29, 1.82) is 0 Å². The maximum absolute atomic E-state index is 13.0. The van der Waals surface area contributed by atoms with Crippen molar-refractivity contribution in [3.8, 4) is 11.3 Å². The van der Waals surface area contributed by atoms with Gasteiger partial charge < -0.3 is 4.74 Å². The molecule has 0 unspecified atom stereocenters. The maximum atomic E-state index is 13.0. The van der Waals surface area contributed by atoms with E-state index in [1.54, 1.807) is 17.5 Å². The van der Waals surface area contributed by atoms with Gasteiger partial charge in [0.25, 0.3) is 5.91 Å². The van der Waals surface area contributed by atoms with Gasteiger partial charge in [-0.3, -0.25) is 14.9 Å². The lowest BCUT2D eigenvalue weighted by molar-refractivity contribution is -0.146. The summed E-state index contributed by atoms with van der Waals surface area (Å²) in [7, 11) is 0. The summed E-state index contributed by atoms with van der Waals surface area (Å²) in [6.07, 6.45) is 0.111. The van der Waals surface area contributed by atoms with Crippen LogP contribution in [0.1, 0.15) is 5.56 Å². The fourth-order valence-corrected chi connectivity index (χ4v) is 2.94. The smallest absolute Gasteiger partial charge is 0.310 e. The second-order valence-corrected chi connectivity index (χ2v) is 6.27. The number of nitrogens with one attached hydrogen (secondary N) is 1. The lowest BCUT2D eigenvalue weighted by atomic mass is 10.2. The third-order valence-electron chi connectivity index (χ3n) is 3.45. The van der Waals surface area contributed by atoms with E-state index in [0.717, 1.165) is 11.1 Å². The Morgan fingerprint density at radius 1 is 1.08 bits per heavy atom. The number of halogens is 1. The molecule has 5 nitrogen and oxygen atoms in total. The number of hydrogen-bond acceptors (Lipinski definition) is 5. The molecule has 0 saturated heterocycles. The average molecular weight is 370 g/mol. The Labute approximate surface area is 153 Å². The van der Waals surface area contributed by atoms with Gasteiger partial charge in [0.2, 0.25) is 0 Å². The molecule has 0 atom stereocenters. The molecule has 1 N–H and O–H groups in total. The number of rotatable bonds is 6. The molecule has 0 spiro atoms. The van der Waals surface area contributed by atoms with Crippen molar-refractivity contribution in [2.45, 2.75) is 6.42 Å². The second-order valence-electron chi connectivity index (χ2n) is 5.42. The largest absolute Gasteiger partial charge is 0.455 e. The average Bonchev–Trinajstić information content (AvgIpc) is 3.10. The second kappa shape index (κ2) is 8.35. The fourth-order valence-electron chi connectivity index (χ4n) is 2.20. The van der Waals surface area contributed by atoms with Gasteiger partial charge in [-0.25, -0.2) is 9.37 Å². The molecule has 0 radical (unpaired) electrons. The van der Waals surface area contributed by atoms with Gasteiger partial charge in [-0.1, -0.05) is 30.3 Å². The summed E-state index contributed by atoms with van der Waals surface area (Å²) in [6, 6.07) is 15.1. The number of ether oxygens (including phenoxy) is 1. The van der Waals surface area contributed by atoms with E-state index >= 15 is 0 Å². The van der Waals surface area contributed by atoms with E-state index in [1.165, 1.54) is 23.5 Å². The highest BCUT2D eigenvalue weighted by Crippen LogP contribution is 2.24. The summed E-state index contributed by atoms with van der Waals surface area (Å²) in [5.74, 6) is -1.27. The number of carbonyl (C=O) groups is 2. The lowest BCUT2D eigenvalue weighted by Gasteiger charge is -2.04.